The zero-order valence-corrected chi connectivity index (χ0v) is 21.8. The lowest BCUT2D eigenvalue weighted by Crippen LogP contribution is -2.30. The normalized spacial score (nSPS) is 16.1. The molecule has 0 aliphatic carbocycles. The number of hydrogen-bond acceptors (Lipinski definition) is 7. The van der Waals surface area contributed by atoms with Crippen LogP contribution in [0.3, 0.4) is 0 Å². The van der Waals surface area contributed by atoms with Gasteiger partial charge in [-0.1, -0.05) is 18.2 Å². The largest absolute Gasteiger partial charge is 0.489 e. The lowest BCUT2D eigenvalue weighted by atomic mass is 10.2. The van der Waals surface area contributed by atoms with Crippen molar-refractivity contribution in [1.29, 1.82) is 0 Å². The van der Waals surface area contributed by atoms with Gasteiger partial charge < -0.3 is 20.7 Å². The molecule has 7 nitrogen and oxygen atoms in total. The highest BCUT2D eigenvalue weighted by atomic mass is 79.9. The maximum Gasteiger partial charge on any atom is 0.229 e. The van der Waals surface area contributed by atoms with Crippen LogP contribution in [-0.4, -0.2) is 47.2 Å². The van der Waals surface area contributed by atoms with Crippen molar-refractivity contribution in [3.8, 4) is 5.75 Å². The number of nitrogens with one attached hydrogen (secondary N) is 3. The molecule has 4 rings (SSSR count). The predicted molar refractivity (Wildman–Crippen MR) is 142 cm³/mol. The zero-order valence-electron chi connectivity index (χ0n) is 20.2. The summed E-state index contributed by atoms with van der Waals surface area (Å²) in [4.78, 5) is 11.6. The third-order valence-corrected chi connectivity index (χ3v) is 6.62. The van der Waals surface area contributed by atoms with E-state index in [1.54, 1.807) is 6.20 Å². The summed E-state index contributed by atoms with van der Waals surface area (Å²) in [6.07, 6.45) is 3.07. The summed E-state index contributed by atoms with van der Waals surface area (Å²) >= 11 is 3.56. The first-order valence-electron chi connectivity index (χ1n) is 11.7. The van der Waals surface area contributed by atoms with E-state index in [-0.39, 0.29) is 6.10 Å². The molecule has 1 unspecified atom stereocenters. The number of aromatic nitrogens is 2. The van der Waals surface area contributed by atoms with Gasteiger partial charge in [-0.25, -0.2) is 4.98 Å². The monoisotopic (exact) mass is 524 g/mol. The SMILES string of the molecule is CNCc1ccccc1Nc1nc(Nc2ccc(OC3CCN(C(C)C)C3)cc2C)ncc1Br. The van der Waals surface area contributed by atoms with E-state index in [9.17, 15) is 0 Å². The highest BCUT2D eigenvalue weighted by Gasteiger charge is 2.25. The molecular formula is C26H33BrN6O. The minimum atomic E-state index is 0.245. The van der Waals surface area contributed by atoms with Crippen molar-refractivity contribution in [2.75, 3.05) is 30.8 Å². The van der Waals surface area contributed by atoms with E-state index in [1.807, 2.05) is 37.4 Å². The van der Waals surface area contributed by atoms with Crippen LogP contribution in [0.2, 0.25) is 0 Å². The molecule has 2 heterocycles. The highest BCUT2D eigenvalue weighted by molar-refractivity contribution is 9.10. The first-order valence-corrected chi connectivity index (χ1v) is 12.5. The fourth-order valence-electron chi connectivity index (χ4n) is 4.11. The molecule has 8 heteroatoms. The van der Waals surface area contributed by atoms with Crippen LogP contribution in [0.5, 0.6) is 5.75 Å². The number of aryl methyl sites for hydroxylation is 1. The first kappa shape index (κ1) is 24.4. The molecule has 1 aromatic heterocycles. The lowest BCUT2D eigenvalue weighted by molar-refractivity contribution is 0.187. The van der Waals surface area contributed by atoms with Crippen LogP contribution in [-0.2, 0) is 6.54 Å². The van der Waals surface area contributed by atoms with Crippen molar-refractivity contribution in [2.45, 2.75) is 45.9 Å². The van der Waals surface area contributed by atoms with Crippen molar-refractivity contribution in [1.82, 2.24) is 20.2 Å². The summed E-state index contributed by atoms with van der Waals surface area (Å²) in [5.74, 6) is 2.13. The Labute approximate surface area is 210 Å². The third-order valence-electron chi connectivity index (χ3n) is 6.04. The summed E-state index contributed by atoms with van der Waals surface area (Å²) < 4.78 is 7.05. The molecular weight excluding hydrogens is 492 g/mol. The molecule has 3 N–H and O–H groups in total. The molecule has 180 valence electrons. The van der Waals surface area contributed by atoms with Crippen molar-refractivity contribution < 1.29 is 4.74 Å². The van der Waals surface area contributed by atoms with Crippen molar-refractivity contribution in [3.05, 3.63) is 64.3 Å². The van der Waals surface area contributed by atoms with Crippen LogP contribution in [0.15, 0.2) is 53.1 Å². The number of halogens is 1. The smallest absolute Gasteiger partial charge is 0.229 e. The number of para-hydroxylation sites is 1. The zero-order chi connectivity index (χ0) is 24.1. The van der Waals surface area contributed by atoms with Crippen LogP contribution in [0.4, 0.5) is 23.1 Å². The molecule has 1 aliphatic heterocycles. The van der Waals surface area contributed by atoms with Crippen LogP contribution < -0.4 is 20.7 Å². The van der Waals surface area contributed by atoms with Gasteiger partial charge >= 0.3 is 0 Å². The van der Waals surface area contributed by atoms with Crippen LogP contribution in [0, 0.1) is 6.92 Å². The van der Waals surface area contributed by atoms with Crippen LogP contribution >= 0.6 is 15.9 Å². The fourth-order valence-corrected chi connectivity index (χ4v) is 4.40. The number of anilines is 4. The Morgan fingerprint density at radius 1 is 1.15 bits per heavy atom. The molecule has 0 bridgehead atoms. The van der Waals surface area contributed by atoms with Crippen molar-refractivity contribution in [3.63, 3.8) is 0 Å². The van der Waals surface area contributed by atoms with Crippen molar-refractivity contribution >= 4 is 39.1 Å². The van der Waals surface area contributed by atoms with Gasteiger partial charge in [-0.05, 0) is 85.6 Å². The average molecular weight is 525 g/mol. The number of hydrogen-bond donors (Lipinski definition) is 3. The molecule has 0 spiro atoms. The van der Waals surface area contributed by atoms with Crippen molar-refractivity contribution in [2.24, 2.45) is 0 Å². The van der Waals surface area contributed by atoms with Gasteiger partial charge in [-0.2, -0.15) is 4.98 Å². The molecule has 0 saturated carbocycles. The van der Waals surface area contributed by atoms with E-state index in [0.717, 1.165) is 58.8 Å². The number of likely N-dealkylation sites (tertiary alicyclic amines) is 1. The minimum Gasteiger partial charge on any atom is -0.489 e. The fraction of sp³-hybridized carbons (Fsp3) is 0.385. The summed E-state index contributed by atoms with van der Waals surface area (Å²) in [5.41, 5.74) is 4.20. The van der Waals surface area contributed by atoms with Gasteiger partial charge in [-0.15, -0.1) is 0 Å². The summed E-state index contributed by atoms with van der Waals surface area (Å²) in [5, 5.41) is 9.97. The molecule has 0 radical (unpaired) electrons. The maximum atomic E-state index is 6.25. The predicted octanol–water partition coefficient (Wildman–Crippen LogP) is 5.62. The maximum absolute atomic E-state index is 6.25. The second-order valence-electron chi connectivity index (χ2n) is 8.92. The van der Waals surface area contributed by atoms with E-state index in [4.69, 9.17) is 9.72 Å². The van der Waals surface area contributed by atoms with Gasteiger partial charge in [0.05, 0.1) is 4.47 Å². The Kier molecular flexibility index (Phi) is 8.03. The standard InChI is InChI=1S/C26H33BrN6O/c1-17(2)33-12-11-21(16-33)34-20-9-10-23(18(3)13-20)31-26-29-15-22(27)25(32-26)30-24-8-6-5-7-19(24)14-28-4/h5-10,13,15,17,21,28H,11-12,14,16H2,1-4H3,(H2,29,30,31,32). The Hall–Kier alpha value is -2.68. The Bertz CT molecular complexity index is 1120. The number of benzene rings is 2. The summed E-state index contributed by atoms with van der Waals surface area (Å²) in [6.45, 7) is 9.38. The number of ether oxygens (including phenoxy) is 1. The van der Waals surface area contributed by atoms with E-state index in [0.29, 0.717) is 17.8 Å². The molecule has 2 aromatic carbocycles. The topological polar surface area (TPSA) is 74.3 Å². The van der Waals surface area contributed by atoms with Crippen LogP contribution in [0.1, 0.15) is 31.4 Å². The molecule has 3 aromatic rings. The van der Waals surface area contributed by atoms with Gasteiger partial charge in [0.25, 0.3) is 0 Å². The molecule has 1 aliphatic rings. The van der Waals surface area contributed by atoms with E-state index in [1.165, 1.54) is 0 Å². The Morgan fingerprint density at radius 2 is 1.97 bits per heavy atom. The number of nitrogens with zero attached hydrogens (tertiary/aromatic N) is 3. The third kappa shape index (κ3) is 6.05. The quantitative estimate of drug-likeness (QED) is 0.335. The molecule has 0 amide bonds. The second-order valence-corrected chi connectivity index (χ2v) is 9.78. The number of rotatable bonds is 9. The summed E-state index contributed by atoms with van der Waals surface area (Å²) in [7, 11) is 1.94. The minimum absolute atomic E-state index is 0.245. The van der Waals surface area contributed by atoms with Crippen LogP contribution in [0.25, 0.3) is 0 Å². The Morgan fingerprint density at radius 3 is 2.71 bits per heavy atom. The van der Waals surface area contributed by atoms with Gasteiger partial charge in [0.1, 0.15) is 17.7 Å². The summed E-state index contributed by atoms with van der Waals surface area (Å²) in [6, 6.07) is 14.8. The molecule has 1 saturated heterocycles. The van der Waals surface area contributed by atoms with Gasteiger partial charge in [0.15, 0.2) is 0 Å². The van der Waals surface area contributed by atoms with Gasteiger partial charge in [0.2, 0.25) is 5.95 Å². The van der Waals surface area contributed by atoms with E-state index >= 15 is 0 Å². The van der Waals surface area contributed by atoms with E-state index in [2.05, 4.69) is 74.7 Å². The lowest BCUT2D eigenvalue weighted by Gasteiger charge is -2.20. The van der Waals surface area contributed by atoms with Gasteiger partial charge in [-0.3, -0.25) is 4.90 Å². The molecule has 1 fully saturated rings. The second kappa shape index (κ2) is 11.2. The average Bonchev–Trinajstić information content (AvgIpc) is 3.28. The molecule has 1 atom stereocenters. The molecule has 34 heavy (non-hydrogen) atoms. The Balaban J connectivity index is 1.45. The first-order chi connectivity index (χ1) is 16.4. The highest BCUT2D eigenvalue weighted by Crippen LogP contribution is 2.29. The van der Waals surface area contributed by atoms with E-state index < -0.39 is 0 Å². The van der Waals surface area contributed by atoms with Gasteiger partial charge in [0, 0.05) is 43.2 Å².